The summed E-state index contributed by atoms with van der Waals surface area (Å²) >= 11 is 5.94. The number of hydrogen-bond donors (Lipinski definition) is 2. The highest BCUT2D eigenvalue weighted by molar-refractivity contribution is 6.30. The molecule has 0 fully saturated rings. The molecular weight excluding hydrogens is 380 g/mol. The molecule has 0 spiro atoms. The fourth-order valence-electron chi connectivity index (χ4n) is 3.31. The van der Waals surface area contributed by atoms with Crippen molar-refractivity contribution in [3.63, 3.8) is 0 Å². The van der Waals surface area contributed by atoms with E-state index in [4.69, 9.17) is 11.6 Å². The van der Waals surface area contributed by atoms with Crippen LogP contribution in [0.2, 0.25) is 5.02 Å². The zero-order chi connectivity index (χ0) is 20.2. The smallest absolute Gasteiger partial charge is 0.130 e. The van der Waals surface area contributed by atoms with Crippen molar-refractivity contribution >= 4 is 22.4 Å². The molecule has 0 aliphatic carbocycles. The fourth-order valence-corrected chi connectivity index (χ4v) is 3.43. The van der Waals surface area contributed by atoms with Crippen molar-refractivity contribution in [2.24, 2.45) is 0 Å². The zero-order valence-corrected chi connectivity index (χ0v) is 16.4. The van der Waals surface area contributed by atoms with E-state index in [0.29, 0.717) is 28.8 Å². The summed E-state index contributed by atoms with van der Waals surface area (Å²) in [4.78, 5) is 0. The minimum absolute atomic E-state index is 0.0767. The molecule has 0 aromatic heterocycles. The van der Waals surface area contributed by atoms with Gasteiger partial charge in [-0.1, -0.05) is 72.0 Å². The van der Waals surface area contributed by atoms with Crippen molar-refractivity contribution in [1.29, 1.82) is 0 Å². The van der Waals surface area contributed by atoms with Gasteiger partial charge >= 0.3 is 0 Å². The van der Waals surface area contributed by atoms with Gasteiger partial charge in [-0.3, -0.25) is 0 Å². The van der Waals surface area contributed by atoms with Gasteiger partial charge in [0.25, 0.3) is 0 Å². The molecule has 0 atom stereocenters. The zero-order valence-electron chi connectivity index (χ0n) is 15.7. The summed E-state index contributed by atoms with van der Waals surface area (Å²) in [5, 5.41) is 23.4. The van der Waals surface area contributed by atoms with Crippen molar-refractivity contribution in [3.8, 4) is 23.3 Å². The Labute approximate surface area is 175 Å². The lowest BCUT2D eigenvalue weighted by molar-refractivity contribution is 0.445. The summed E-state index contributed by atoms with van der Waals surface area (Å²) in [5.74, 6) is 6.51. The maximum atomic E-state index is 10.8. The number of hydrogen-bond acceptors (Lipinski definition) is 2. The lowest BCUT2D eigenvalue weighted by Crippen LogP contribution is -1.91. The molecule has 0 bridgehead atoms. The molecule has 0 heterocycles. The van der Waals surface area contributed by atoms with Gasteiger partial charge in [-0.15, -0.1) is 0 Å². The summed E-state index contributed by atoms with van der Waals surface area (Å²) in [6.07, 6.45) is 1.08. The molecule has 0 unspecified atom stereocenters. The predicted molar refractivity (Wildman–Crippen MR) is 119 cm³/mol. The molecule has 0 radical (unpaired) electrons. The van der Waals surface area contributed by atoms with E-state index in [9.17, 15) is 10.2 Å². The van der Waals surface area contributed by atoms with Crippen LogP contribution in [-0.4, -0.2) is 10.2 Å². The standard InChI is InChI=1S/C26H19ClO2/c27-22-13-10-20(11-14-22)16-24-25(28)17-21-12-9-19(15-23(21)26(24)29)8-4-7-18-5-2-1-3-6-18/h1-3,5-6,9-15,17,28-29H,7,16H2. The van der Waals surface area contributed by atoms with Crippen LogP contribution in [0.15, 0.2) is 78.9 Å². The summed E-state index contributed by atoms with van der Waals surface area (Å²) in [6.45, 7) is 0. The van der Waals surface area contributed by atoms with Gasteiger partial charge in [-0.05, 0) is 46.8 Å². The largest absolute Gasteiger partial charge is 0.507 e. The normalized spacial score (nSPS) is 10.5. The topological polar surface area (TPSA) is 40.5 Å². The van der Waals surface area contributed by atoms with Crippen LogP contribution in [0.3, 0.4) is 0 Å². The van der Waals surface area contributed by atoms with Crippen molar-refractivity contribution in [1.82, 2.24) is 0 Å². The molecule has 0 aliphatic rings. The minimum atomic E-state index is 0.0767. The highest BCUT2D eigenvalue weighted by Crippen LogP contribution is 2.37. The first-order chi connectivity index (χ1) is 14.1. The van der Waals surface area contributed by atoms with E-state index >= 15 is 0 Å². The Hall–Kier alpha value is -3.41. The van der Waals surface area contributed by atoms with Crippen LogP contribution in [0.5, 0.6) is 11.5 Å². The van der Waals surface area contributed by atoms with Gasteiger partial charge in [0.2, 0.25) is 0 Å². The van der Waals surface area contributed by atoms with Gasteiger partial charge in [0.15, 0.2) is 0 Å². The van der Waals surface area contributed by atoms with Crippen LogP contribution >= 0.6 is 11.6 Å². The molecule has 29 heavy (non-hydrogen) atoms. The number of phenolic OH excluding ortho intramolecular Hbond substituents is 2. The molecule has 2 N–H and O–H groups in total. The Kier molecular flexibility index (Phi) is 5.42. The van der Waals surface area contributed by atoms with Crippen molar-refractivity contribution < 1.29 is 10.2 Å². The van der Waals surface area contributed by atoms with Gasteiger partial charge in [-0.2, -0.15) is 0 Å². The molecule has 0 saturated heterocycles. The molecule has 0 saturated carbocycles. The van der Waals surface area contributed by atoms with Crippen molar-refractivity contribution in [2.45, 2.75) is 12.8 Å². The van der Waals surface area contributed by atoms with Crippen LogP contribution in [0.1, 0.15) is 22.3 Å². The second kappa shape index (κ2) is 8.31. The molecule has 3 heteroatoms. The van der Waals surface area contributed by atoms with Crippen LogP contribution < -0.4 is 0 Å². The van der Waals surface area contributed by atoms with Gasteiger partial charge < -0.3 is 10.2 Å². The third-order valence-corrected chi connectivity index (χ3v) is 5.11. The molecule has 142 valence electrons. The van der Waals surface area contributed by atoms with E-state index in [0.717, 1.165) is 16.5 Å². The maximum Gasteiger partial charge on any atom is 0.130 e. The molecule has 2 nitrogen and oxygen atoms in total. The van der Waals surface area contributed by atoms with E-state index < -0.39 is 0 Å². The second-order valence-corrected chi connectivity index (χ2v) is 7.36. The second-order valence-electron chi connectivity index (χ2n) is 6.93. The highest BCUT2D eigenvalue weighted by atomic mass is 35.5. The minimum Gasteiger partial charge on any atom is -0.507 e. The van der Waals surface area contributed by atoms with Crippen molar-refractivity contribution in [3.05, 3.63) is 106 Å². The third kappa shape index (κ3) is 4.37. The maximum absolute atomic E-state index is 10.8. The van der Waals surface area contributed by atoms with Gasteiger partial charge in [0.05, 0.1) is 0 Å². The van der Waals surface area contributed by atoms with Crippen LogP contribution in [0, 0.1) is 11.8 Å². The number of aromatic hydroxyl groups is 2. The van der Waals surface area contributed by atoms with Crippen LogP contribution in [0.25, 0.3) is 10.8 Å². The Bertz CT molecular complexity index is 1220. The number of benzene rings is 4. The number of fused-ring (bicyclic) bond motifs is 1. The fraction of sp³-hybridized carbons (Fsp3) is 0.0769. The Balaban J connectivity index is 1.66. The Morgan fingerprint density at radius 3 is 2.31 bits per heavy atom. The lowest BCUT2D eigenvalue weighted by Gasteiger charge is -2.11. The monoisotopic (exact) mass is 398 g/mol. The van der Waals surface area contributed by atoms with E-state index in [-0.39, 0.29) is 11.5 Å². The highest BCUT2D eigenvalue weighted by Gasteiger charge is 2.13. The van der Waals surface area contributed by atoms with E-state index in [1.54, 1.807) is 18.2 Å². The summed E-state index contributed by atoms with van der Waals surface area (Å²) in [7, 11) is 0. The molecule has 4 rings (SSSR count). The van der Waals surface area contributed by atoms with Crippen LogP contribution in [0.4, 0.5) is 0 Å². The molecule has 4 aromatic carbocycles. The van der Waals surface area contributed by atoms with E-state index in [1.165, 1.54) is 5.56 Å². The molecule has 0 amide bonds. The number of halogens is 1. The van der Waals surface area contributed by atoms with Gasteiger partial charge in [-0.25, -0.2) is 0 Å². The van der Waals surface area contributed by atoms with Crippen molar-refractivity contribution in [2.75, 3.05) is 0 Å². The first-order valence-electron chi connectivity index (χ1n) is 9.35. The Morgan fingerprint density at radius 2 is 1.55 bits per heavy atom. The van der Waals surface area contributed by atoms with Gasteiger partial charge in [0.1, 0.15) is 11.5 Å². The first kappa shape index (κ1) is 18.9. The third-order valence-electron chi connectivity index (χ3n) is 4.86. The number of phenols is 2. The van der Waals surface area contributed by atoms with Gasteiger partial charge in [0, 0.05) is 34.4 Å². The lowest BCUT2D eigenvalue weighted by atomic mass is 9.97. The first-order valence-corrected chi connectivity index (χ1v) is 9.73. The summed E-state index contributed by atoms with van der Waals surface area (Å²) < 4.78 is 0. The summed E-state index contributed by atoms with van der Waals surface area (Å²) in [5.41, 5.74) is 3.44. The molecule has 4 aromatic rings. The predicted octanol–water partition coefficient (Wildman–Crippen LogP) is 6.09. The summed E-state index contributed by atoms with van der Waals surface area (Å²) in [6, 6.07) is 24.8. The quantitative estimate of drug-likeness (QED) is 0.410. The molecule has 0 aliphatic heterocycles. The average molecular weight is 399 g/mol. The van der Waals surface area contributed by atoms with E-state index in [1.807, 2.05) is 60.7 Å². The SMILES string of the molecule is Oc1cc2ccc(C#CCc3ccccc3)cc2c(O)c1Cc1ccc(Cl)cc1. The average Bonchev–Trinajstić information content (AvgIpc) is 2.74. The molecular formula is C26H19ClO2. The Morgan fingerprint density at radius 1 is 0.793 bits per heavy atom. The van der Waals surface area contributed by atoms with E-state index in [2.05, 4.69) is 11.8 Å². The van der Waals surface area contributed by atoms with Crippen LogP contribution in [-0.2, 0) is 12.8 Å². The number of rotatable bonds is 3.